The summed E-state index contributed by atoms with van der Waals surface area (Å²) in [6, 6.07) is 2.90. The van der Waals surface area contributed by atoms with E-state index in [0.29, 0.717) is 12.1 Å². The van der Waals surface area contributed by atoms with Crippen LogP contribution in [0.4, 0.5) is 4.39 Å². The summed E-state index contributed by atoms with van der Waals surface area (Å²) in [5.41, 5.74) is 0.558. The third kappa shape index (κ3) is 3.50. The molecule has 2 heterocycles. The molecule has 0 aromatic carbocycles. The fourth-order valence-electron chi connectivity index (χ4n) is 2.49. The predicted octanol–water partition coefficient (Wildman–Crippen LogP) is 2.38. The van der Waals surface area contributed by atoms with Gasteiger partial charge in [0, 0.05) is 13.1 Å². The molecule has 2 rings (SSSR count). The molecular formula is C14H21FN2O. The monoisotopic (exact) mass is 252 g/mol. The fourth-order valence-corrected chi connectivity index (χ4v) is 2.49. The van der Waals surface area contributed by atoms with E-state index in [2.05, 4.69) is 16.8 Å². The van der Waals surface area contributed by atoms with Crippen LogP contribution in [0, 0.1) is 11.7 Å². The van der Waals surface area contributed by atoms with Gasteiger partial charge in [-0.25, -0.2) is 4.39 Å². The van der Waals surface area contributed by atoms with E-state index in [1.54, 1.807) is 6.07 Å². The van der Waals surface area contributed by atoms with Crippen LogP contribution in [-0.4, -0.2) is 34.6 Å². The molecule has 1 aliphatic rings. The van der Waals surface area contributed by atoms with Crippen LogP contribution in [0.25, 0.3) is 0 Å². The summed E-state index contributed by atoms with van der Waals surface area (Å²) in [6.07, 6.45) is 3.72. The van der Waals surface area contributed by atoms with Gasteiger partial charge in [0.2, 0.25) is 0 Å². The number of aliphatic hydroxyl groups excluding tert-OH is 1. The van der Waals surface area contributed by atoms with E-state index >= 15 is 0 Å². The number of pyridine rings is 1. The minimum absolute atomic E-state index is 0.365. The third-order valence-electron chi connectivity index (χ3n) is 3.76. The minimum Gasteiger partial charge on any atom is -0.387 e. The van der Waals surface area contributed by atoms with Crippen molar-refractivity contribution in [3.63, 3.8) is 0 Å². The summed E-state index contributed by atoms with van der Waals surface area (Å²) in [5, 5.41) is 9.98. The van der Waals surface area contributed by atoms with Gasteiger partial charge in [0.1, 0.15) is 5.82 Å². The van der Waals surface area contributed by atoms with Gasteiger partial charge in [0.15, 0.2) is 0 Å². The quantitative estimate of drug-likeness (QED) is 0.874. The van der Waals surface area contributed by atoms with Gasteiger partial charge in [-0.05, 0) is 37.4 Å². The molecule has 4 heteroatoms. The Bertz CT molecular complexity index is 369. The van der Waals surface area contributed by atoms with Crippen molar-refractivity contribution < 1.29 is 9.50 Å². The number of aromatic nitrogens is 1. The standard InChI is InChI=1S/C14H21FN2O/c1-2-11-5-7-17(10-11)8-6-14(18)13-4-3-12(15)9-16-13/h3-4,9,11,14,18H,2,5-8,10H2,1H3. The molecule has 2 atom stereocenters. The highest BCUT2D eigenvalue weighted by atomic mass is 19.1. The van der Waals surface area contributed by atoms with Gasteiger partial charge in [-0.2, -0.15) is 0 Å². The normalized spacial score (nSPS) is 22.3. The van der Waals surface area contributed by atoms with Gasteiger partial charge in [-0.3, -0.25) is 4.98 Å². The Morgan fingerprint density at radius 1 is 1.56 bits per heavy atom. The first-order chi connectivity index (χ1) is 8.69. The van der Waals surface area contributed by atoms with Crippen LogP contribution >= 0.6 is 0 Å². The van der Waals surface area contributed by atoms with Crippen molar-refractivity contribution >= 4 is 0 Å². The second-order valence-corrected chi connectivity index (χ2v) is 5.07. The molecule has 1 fully saturated rings. The van der Waals surface area contributed by atoms with Crippen molar-refractivity contribution in [1.29, 1.82) is 0 Å². The molecule has 1 N–H and O–H groups in total. The molecule has 0 bridgehead atoms. The highest BCUT2D eigenvalue weighted by Crippen LogP contribution is 2.21. The lowest BCUT2D eigenvalue weighted by Gasteiger charge is -2.18. The second-order valence-electron chi connectivity index (χ2n) is 5.07. The van der Waals surface area contributed by atoms with Gasteiger partial charge in [0.25, 0.3) is 0 Å². The van der Waals surface area contributed by atoms with Crippen molar-refractivity contribution in [2.24, 2.45) is 5.92 Å². The highest BCUT2D eigenvalue weighted by Gasteiger charge is 2.21. The van der Waals surface area contributed by atoms with Crippen molar-refractivity contribution in [3.8, 4) is 0 Å². The van der Waals surface area contributed by atoms with E-state index in [1.165, 1.54) is 18.9 Å². The van der Waals surface area contributed by atoms with E-state index < -0.39 is 6.10 Å². The molecule has 0 aliphatic carbocycles. The molecule has 0 radical (unpaired) electrons. The summed E-state index contributed by atoms with van der Waals surface area (Å²) >= 11 is 0. The maximum atomic E-state index is 12.7. The molecule has 0 spiro atoms. The lowest BCUT2D eigenvalue weighted by molar-refractivity contribution is 0.143. The van der Waals surface area contributed by atoms with Gasteiger partial charge < -0.3 is 10.0 Å². The number of hydrogen-bond donors (Lipinski definition) is 1. The first kappa shape index (κ1) is 13.4. The molecule has 1 saturated heterocycles. The van der Waals surface area contributed by atoms with Crippen molar-refractivity contribution in [2.45, 2.75) is 32.3 Å². The summed E-state index contributed by atoms with van der Waals surface area (Å²) in [5.74, 6) is 0.447. The molecule has 100 valence electrons. The summed E-state index contributed by atoms with van der Waals surface area (Å²) in [6.45, 7) is 5.38. The van der Waals surface area contributed by atoms with Gasteiger partial charge >= 0.3 is 0 Å². The van der Waals surface area contributed by atoms with E-state index in [-0.39, 0.29) is 5.82 Å². The third-order valence-corrected chi connectivity index (χ3v) is 3.76. The Morgan fingerprint density at radius 3 is 3.00 bits per heavy atom. The van der Waals surface area contributed by atoms with Crippen LogP contribution in [0.1, 0.15) is 38.0 Å². The zero-order chi connectivity index (χ0) is 13.0. The number of aliphatic hydroxyl groups is 1. The topological polar surface area (TPSA) is 36.4 Å². The smallest absolute Gasteiger partial charge is 0.141 e. The van der Waals surface area contributed by atoms with Crippen LogP contribution in [-0.2, 0) is 0 Å². The Kier molecular flexibility index (Phi) is 4.66. The average molecular weight is 252 g/mol. The van der Waals surface area contributed by atoms with Crippen molar-refractivity contribution in [2.75, 3.05) is 19.6 Å². The number of rotatable bonds is 5. The molecule has 3 nitrogen and oxygen atoms in total. The Hall–Kier alpha value is -1.00. The van der Waals surface area contributed by atoms with Gasteiger partial charge in [-0.15, -0.1) is 0 Å². The maximum Gasteiger partial charge on any atom is 0.141 e. The summed E-state index contributed by atoms with van der Waals surface area (Å²) < 4.78 is 12.7. The van der Waals surface area contributed by atoms with Crippen LogP contribution in [0.3, 0.4) is 0 Å². The first-order valence-corrected chi connectivity index (χ1v) is 6.71. The van der Waals surface area contributed by atoms with Crippen LogP contribution in [0.5, 0.6) is 0 Å². The lowest BCUT2D eigenvalue weighted by atomic mass is 10.1. The summed E-state index contributed by atoms with van der Waals surface area (Å²) in [7, 11) is 0. The maximum absolute atomic E-state index is 12.7. The fraction of sp³-hybridized carbons (Fsp3) is 0.643. The number of nitrogens with zero attached hydrogens (tertiary/aromatic N) is 2. The molecule has 18 heavy (non-hydrogen) atoms. The first-order valence-electron chi connectivity index (χ1n) is 6.71. The van der Waals surface area contributed by atoms with E-state index in [4.69, 9.17) is 0 Å². The number of halogens is 1. The zero-order valence-electron chi connectivity index (χ0n) is 10.8. The summed E-state index contributed by atoms with van der Waals surface area (Å²) in [4.78, 5) is 6.30. The average Bonchev–Trinajstić information content (AvgIpc) is 2.85. The van der Waals surface area contributed by atoms with Crippen LogP contribution in [0.2, 0.25) is 0 Å². The van der Waals surface area contributed by atoms with Crippen LogP contribution < -0.4 is 0 Å². The number of hydrogen-bond acceptors (Lipinski definition) is 3. The second kappa shape index (κ2) is 6.25. The minimum atomic E-state index is -0.591. The van der Waals surface area contributed by atoms with Gasteiger partial charge in [0.05, 0.1) is 18.0 Å². The molecule has 2 unspecified atom stereocenters. The Balaban J connectivity index is 1.78. The zero-order valence-corrected chi connectivity index (χ0v) is 10.8. The molecule has 1 aromatic heterocycles. The molecular weight excluding hydrogens is 231 g/mol. The SMILES string of the molecule is CCC1CCN(CCC(O)c2ccc(F)cn2)C1. The molecule has 1 aliphatic heterocycles. The van der Waals surface area contributed by atoms with E-state index in [9.17, 15) is 9.50 Å². The molecule has 1 aromatic rings. The molecule has 0 saturated carbocycles. The van der Waals surface area contributed by atoms with Crippen LogP contribution in [0.15, 0.2) is 18.3 Å². The van der Waals surface area contributed by atoms with Crippen molar-refractivity contribution in [1.82, 2.24) is 9.88 Å². The predicted molar refractivity (Wildman–Crippen MR) is 68.6 cm³/mol. The number of likely N-dealkylation sites (tertiary alicyclic amines) is 1. The molecule has 0 amide bonds. The Labute approximate surface area is 108 Å². The highest BCUT2D eigenvalue weighted by molar-refractivity contribution is 5.07. The van der Waals surface area contributed by atoms with E-state index in [0.717, 1.165) is 31.7 Å². The largest absolute Gasteiger partial charge is 0.387 e. The van der Waals surface area contributed by atoms with Crippen molar-refractivity contribution in [3.05, 3.63) is 29.8 Å². The van der Waals surface area contributed by atoms with E-state index in [1.807, 2.05) is 0 Å². The Morgan fingerprint density at radius 2 is 2.39 bits per heavy atom. The lowest BCUT2D eigenvalue weighted by Crippen LogP contribution is -2.23. The van der Waals surface area contributed by atoms with Gasteiger partial charge in [-0.1, -0.05) is 13.3 Å².